The van der Waals surface area contributed by atoms with Crippen molar-refractivity contribution < 1.29 is 9.90 Å². The lowest BCUT2D eigenvalue weighted by Crippen LogP contribution is -2.48. The van der Waals surface area contributed by atoms with Gasteiger partial charge in [-0.1, -0.05) is 6.92 Å². The van der Waals surface area contributed by atoms with E-state index in [4.69, 9.17) is 5.11 Å². The lowest BCUT2D eigenvalue weighted by Gasteiger charge is -2.32. The van der Waals surface area contributed by atoms with Crippen molar-refractivity contribution in [3.8, 4) is 0 Å². The van der Waals surface area contributed by atoms with Gasteiger partial charge in [0.15, 0.2) is 0 Å². The van der Waals surface area contributed by atoms with Crippen LogP contribution in [0.25, 0.3) is 0 Å². The Morgan fingerprint density at radius 3 is 2.92 bits per heavy atom. The molecular weight excluding hydrogens is 168 g/mol. The van der Waals surface area contributed by atoms with E-state index in [1.807, 2.05) is 6.92 Å². The zero-order chi connectivity index (χ0) is 9.68. The molecule has 0 radical (unpaired) electrons. The summed E-state index contributed by atoms with van der Waals surface area (Å²) in [5, 5.41) is 12.2. The molecule has 1 aliphatic heterocycles. The summed E-state index contributed by atoms with van der Waals surface area (Å²) >= 11 is 0. The predicted molar refractivity (Wildman–Crippen MR) is 50.9 cm³/mol. The highest BCUT2D eigenvalue weighted by Gasteiger charge is 2.23. The molecule has 1 atom stereocenters. The number of carboxylic acid groups (broad SMARTS) is 1. The van der Waals surface area contributed by atoms with Crippen molar-refractivity contribution in [2.24, 2.45) is 0 Å². The van der Waals surface area contributed by atoms with Gasteiger partial charge in [0.1, 0.15) is 0 Å². The van der Waals surface area contributed by atoms with Crippen molar-refractivity contribution in [3.63, 3.8) is 0 Å². The molecule has 0 spiro atoms. The lowest BCUT2D eigenvalue weighted by atomic mass is 10.1. The number of nitrogens with one attached hydrogen (secondary N) is 1. The molecule has 0 aromatic heterocycles. The van der Waals surface area contributed by atoms with Crippen molar-refractivity contribution >= 4 is 6.09 Å². The molecule has 0 aromatic rings. The molecule has 1 amide bonds. The van der Waals surface area contributed by atoms with Crippen molar-refractivity contribution in [1.29, 1.82) is 0 Å². The van der Waals surface area contributed by atoms with Crippen molar-refractivity contribution in [2.75, 3.05) is 19.6 Å². The van der Waals surface area contributed by atoms with E-state index < -0.39 is 6.09 Å². The van der Waals surface area contributed by atoms with E-state index in [0.717, 1.165) is 32.4 Å². The molecule has 4 heteroatoms. The summed E-state index contributed by atoms with van der Waals surface area (Å²) in [4.78, 5) is 12.4. The Balaban J connectivity index is 2.46. The molecule has 0 unspecified atom stereocenters. The van der Waals surface area contributed by atoms with E-state index >= 15 is 0 Å². The zero-order valence-electron chi connectivity index (χ0n) is 8.12. The Hall–Kier alpha value is -0.770. The number of hydrogen-bond donors (Lipinski definition) is 2. The van der Waals surface area contributed by atoms with Gasteiger partial charge in [-0.2, -0.15) is 0 Å². The quantitative estimate of drug-likeness (QED) is 0.694. The second-order valence-corrected chi connectivity index (χ2v) is 3.48. The monoisotopic (exact) mass is 186 g/mol. The van der Waals surface area contributed by atoms with E-state index in [0.29, 0.717) is 6.54 Å². The number of nitrogens with zero attached hydrogens (tertiary/aromatic N) is 1. The van der Waals surface area contributed by atoms with Crippen LogP contribution in [-0.2, 0) is 0 Å². The first kappa shape index (κ1) is 10.3. The van der Waals surface area contributed by atoms with Gasteiger partial charge in [-0.05, 0) is 25.8 Å². The molecule has 0 aromatic carbocycles. The summed E-state index contributed by atoms with van der Waals surface area (Å²) in [7, 11) is 0. The van der Waals surface area contributed by atoms with Gasteiger partial charge in [0.25, 0.3) is 0 Å². The Morgan fingerprint density at radius 1 is 1.69 bits per heavy atom. The van der Waals surface area contributed by atoms with Gasteiger partial charge in [0.05, 0.1) is 0 Å². The summed E-state index contributed by atoms with van der Waals surface area (Å²) in [5.74, 6) is 0. The van der Waals surface area contributed by atoms with Gasteiger partial charge >= 0.3 is 6.09 Å². The largest absolute Gasteiger partial charge is 0.465 e. The molecule has 1 saturated heterocycles. The van der Waals surface area contributed by atoms with Gasteiger partial charge in [-0.25, -0.2) is 4.79 Å². The first-order valence-electron chi connectivity index (χ1n) is 4.96. The molecule has 0 aliphatic carbocycles. The molecule has 1 aliphatic rings. The van der Waals surface area contributed by atoms with E-state index in [1.165, 1.54) is 0 Å². The maximum absolute atomic E-state index is 10.9. The SMILES string of the molecule is CCCN(C(=O)O)[C@@H]1CCCNC1. The molecule has 76 valence electrons. The van der Waals surface area contributed by atoms with Crippen LogP contribution in [-0.4, -0.2) is 41.8 Å². The second-order valence-electron chi connectivity index (χ2n) is 3.48. The van der Waals surface area contributed by atoms with Gasteiger partial charge in [-0.15, -0.1) is 0 Å². The Morgan fingerprint density at radius 2 is 2.46 bits per heavy atom. The molecule has 2 N–H and O–H groups in total. The van der Waals surface area contributed by atoms with E-state index in [1.54, 1.807) is 4.90 Å². The summed E-state index contributed by atoms with van der Waals surface area (Å²) < 4.78 is 0. The van der Waals surface area contributed by atoms with Crippen LogP contribution >= 0.6 is 0 Å². The second kappa shape index (κ2) is 5.07. The minimum Gasteiger partial charge on any atom is -0.465 e. The Kier molecular flexibility index (Phi) is 4.02. The van der Waals surface area contributed by atoms with Crippen LogP contribution in [0.2, 0.25) is 0 Å². The lowest BCUT2D eigenvalue weighted by molar-refractivity contribution is 0.115. The standard InChI is InChI=1S/C9H18N2O2/c1-2-6-11(9(12)13)8-4-3-5-10-7-8/h8,10H,2-7H2,1H3,(H,12,13)/t8-/m1/s1. The van der Waals surface area contributed by atoms with Crippen LogP contribution in [0.5, 0.6) is 0 Å². The number of carbonyl (C=O) groups is 1. The summed E-state index contributed by atoms with van der Waals surface area (Å²) in [6.07, 6.45) is 2.19. The highest BCUT2D eigenvalue weighted by atomic mass is 16.4. The van der Waals surface area contributed by atoms with Gasteiger partial charge in [0.2, 0.25) is 0 Å². The molecule has 13 heavy (non-hydrogen) atoms. The fourth-order valence-corrected chi connectivity index (χ4v) is 1.77. The third kappa shape index (κ3) is 2.88. The maximum atomic E-state index is 10.9. The topological polar surface area (TPSA) is 52.6 Å². The maximum Gasteiger partial charge on any atom is 0.407 e. The minimum absolute atomic E-state index is 0.186. The zero-order valence-corrected chi connectivity index (χ0v) is 8.12. The number of rotatable bonds is 3. The normalized spacial score (nSPS) is 22.7. The molecule has 0 bridgehead atoms. The van der Waals surface area contributed by atoms with Crippen LogP contribution < -0.4 is 5.32 Å². The third-order valence-electron chi connectivity index (χ3n) is 2.42. The number of hydrogen-bond acceptors (Lipinski definition) is 2. The van der Waals surface area contributed by atoms with Crippen molar-refractivity contribution in [3.05, 3.63) is 0 Å². The summed E-state index contributed by atoms with van der Waals surface area (Å²) in [5.41, 5.74) is 0. The van der Waals surface area contributed by atoms with Gasteiger partial charge < -0.3 is 15.3 Å². The predicted octanol–water partition coefficient (Wildman–Crippen LogP) is 1.13. The smallest absolute Gasteiger partial charge is 0.407 e. The minimum atomic E-state index is -0.782. The fraction of sp³-hybridized carbons (Fsp3) is 0.889. The molecule has 4 nitrogen and oxygen atoms in total. The highest BCUT2D eigenvalue weighted by molar-refractivity contribution is 5.65. The first-order valence-corrected chi connectivity index (χ1v) is 4.96. The van der Waals surface area contributed by atoms with E-state index in [2.05, 4.69) is 5.32 Å². The van der Waals surface area contributed by atoms with Gasteiger partial charge in [-0.3, -0.25) is 0 Å². The fourth-order valence-electron chi connectivity index (χ4n) is 1.77. The summed E-state index contributed by atoms with van der Waals surface area (Å²) in [6, 6.07) is 0.186. The number of amides is 1. The molecule has 0 saturated carbocycles. The first-order chi connectivity index (χ1) is 6.25. The van der Waals surface area contributed by atoms with Gasteiger partial charge in [0, 0.05) is 19.1 Å². The van der Waals surface area contributed by atoms with Crippen LogP contribution in [0, 0.1) is 0 Å². The highest BCUT2D eigenvalue weighted by Crippen LogP contribution is 2.10. The van der Waals surface area contributed by atoms with Crippen molar-refractivity contribution in [2.45, 2.75) is 32.2 Å². The average Bonchev–Trinajstić information content (AvgIpc) is 2.15. The Labute approximate surface area is 78.9 Å². The van der Waals surface area contributed by atoms with Crippen LogP contribution in [0.1, 0.15) is 26.2 Å². The van der Waals surface area contributed by atoms with E-state index in [9.17, 15) is 4.79 Å². The molecule has 1 rings (SSSR count). The van der Waals surface area contributed by atoms with Crippen LogP contribution in [0.4, 0.5) is 4.79 Å². The molecule has 1 heterocycles. The average molecular weight is 186 g/mol. The number of piperidine rings is 1. The molecular formula is C9H18N2O2. The van der Waals surface area contributed by atoms with Crippen LogP contribution in [0.15, 0.2) is 0 Å². The third-order valence-corrected chi connectivity index (χ3v) is 2.42. The van der Waals surface area contributed by atoms with E-state index in [-0.39, 0.29) is 6.04 Å². The molecule has 1 fully saturated rings. The van der Waals surface area contributed by atoms with Crippen LogP contribution in [0.3, 0.4) is 0 Å². The van der Waals surface area contributed by atoms with Crippen molar-refractivity contribution in [1.82, 2.24) is 10.2 Å². The summed E-state index contributed by atoms with van der Waals surface area (Å²) in [6.45, 7) is 4.50. The Bertz CT molecular complexity index is 167.